The lowest BCUT2D eigenvalue weighted by atomic mass is 9.74. The van der Waals surface area contributed by atoms with Crippen LogP contribution in [0.1, 0.15) is 30.1 Å². The van der Waals surface area contributed by atoms with E-state index in [0.29, 0.717) is 25.1 Å². The number of halogens is 1. The van der Waals surface area contributed by atoms with E-state index in [4.69, 9.17) is 31.1 Å². The Morgan fingerprint density at radius 1 is 1.36 bits per heavy atom. The molecule has 2 atom stereocenters. The average Bonchev–Trinajstić information content (AvgIpc) is 2.99. The van der Waals surface area contributed by atoms with Crippen molar-refractivity contribution in [2.75, 3.05) is 27.8 Å². The number of carbonyl (C=O) groups excluding carboxylic acids is 2. The number of nitriles is 1. The quantitative estimate of drug-likeness (QED) is 0.697. The van der Waals surface area contributed by atoms with Crippen molar-refractivity contribution in [3.8, 4) is 23.3 Å². The molecule has 1 heterocycles. The van der Waals surface area contributed by atoms with Gasteiger partial charge in [0.25, 0.3) is 0 Å². The van der Waals surface area contributed by atoms with E-state index in [0.717, 1.165) is 5.70 Å². The third kappa shape index (κ3) is 2.80. The van der Waals surface area contributed by atoms with Gasteiger partial charge in [0, 0.05) is 37.3 Å². The number of hydrogen-bond donors (Lipinski definition) is 0. The van der Waals surface area contributed by atoms with E-state index in [1.54, 1.807) is 6.92 Å². The maximum atomic E-state index is 13.4. The van der Waals surface area contributed by atoms with Gasteiger partial charge < -0.3 is 19.1 Å². The molecule has 0 aromatic heterocycles. The Morgan fingerprint density at radius 2 is 2.04 bits per heavy atom. The van der Waals surface area contributed by atoms with E-state index in [1.165, 1.54) is 26.4 Å². The second kappa shape index (κ2) is 7.36. The predicted octanol–water partition coefficient (Wildman–Crippen LogP) is 3.01. The molecular formula is C20H21ClN2O5. The summed E-state index contributed by atoms with van der Waals surface area (Å²) in [4.78, 5) is 28.4. The van der Waals surface area contributed by atoms with Crippen molar-refractivity contribution in [1.29, 1.82) is 5.26 Å². The molecule has 0 amide bonds. The number of hydrogen-bond acceptors (Lipinski definition) is 7. The van der Waals surface area contributed by atoms with Gasteiger partial charge in [0.15, 0.2) is 5.75 Å². The van der Waals surface area contributed by atoms with Crippen LogP contribution >= 0.6 is 11.6 Å². The van der Waals surface area contributed by atoms with E-state index in [2.05, 4.69) is 6.07 Å². The number of nitrogens with zero attached hydrogens (tertiary/aromatic N) is 2. The lowest BCUT2D eigenvalue weighted by Crippen LogP contribution is -2.55. The Labute approximate surface area is 168 Å². The second-order valence-corrected chi connectivity index (χ2v) is 7.28. The molecule has 1 spiro atoms. The number of ketones is 2. The maximum absolute atomic E-state index is 13.4. The van der Waals surface area contributed by atoms with Gasteiger partial charge in [-0.2, -0.15) is 5.26 Å². The highest BCUT2D eigenvalue weighted by Crippen LogP contribution is 2.53. The minimum absolute atomic E-state index is 0.109. The van der Waals surface area contributed by atoms with Crippen molar-refractivity contribution in [3.63, 3.8) is 0 Å². The van der Waals surface area contributed by atoms with Crippen LogP contribution in [0.5, 0.6) is 17.2 Å². The summed E-state index contributed by atoms with van der Waals surface area (Å²) in [5.74, 6) is -0.682. The van der Waals surface area contributed by atoms with E-state index in [-0.39, 0.29) is 22.1 Å². The summed E-state index contributed by atoms with van der Waals surface area (Å²) >= 11 is 6.36. The average molecular weight is 405 g/mol. The second-order valence-electron chi connectivity index (χ2n) is 6.90. The highest BCUT2D eigenvalue weighted by atomic mass is 35.5. The molecule has 0 N–H and O–H groups in total. The molecule has 28 heavy (non-hydrogen) atoms. The minimum atomic E-state index is -1.68. The summed E-state index contributed by atoms with van der Waals surface area (Å²) in [6.45, 7) is 2.30. The molecule has 0 bridgehead atoms. The fourth-order valence-electron chi connectivity index (χ4n) is 3.73. The molecule has 8 heteroatoms. The van der Waals surface area contributed by atoms with Gasteiger partial charge in [-0.1, -0.05) is 18.5 Å². The lowest BCUT2D eigenvalue weighted by molar-refractivity contribution is -0.129. The monoisotopic (exact) mass is 404 g/mol. The lowest BCUT2D eigenvalue weighted by Gasteiger charge is -2.37. The SMILES string of the molecule is COc1cc(OC)c2c(c1Cl)OC1(C(=O)C=C(N(C)CCC#N)CC1C)C2=O. The van der Waals surface area contributed by atoms with Gasteiger partial charge in [-0.15, -0.1) is 0 Å². The first-order chi connectivity index (χ1) is 13.3. The van der Waals surface area contributed by atoms with Crippen LogP contribution in [0.3, 0.4) is 0 Å². The smallest absolute Gasteiger partial charge is 0.236 e. The van der Waals surface area contributed by atoms with Gasteiger partial charge in [-0.05, 0) is 6.42 Å². The van der Waals surface area contributed by atoms with E-state index >= 15 is 0 Å². The zero-order valence-electron chi connectivity index (χ0n) is 16.2. The van der Waals surface area contributed by atoms with Crippen molar-refractivity contribution in [1.82, 2.24) is 4.90 Å². The molecule has 3 rings (SSSR count). The molecule has 7 nitrogen and oxygen atoms in total. The molecule has 0 radical (unpaired) electrons. The summed E-state index contributed by atoms with van der Waals surface area (Å²) in [7, 11) is 4.69. The first kappa shape index (κ1) is 20.0. The molecule has 1 aromatic rings. The molecule has 2 aliphatic rings. The predicted molar refractivity (Wildman–Crippen MR) is 102 cm³/mol. The number of Topliss-reactive ketones (excluding diaryl/α,β-unsaturated/α-hetero) is 1. The van der Waals surface area contributed by atoms with Crippen LogP contribution in [0, 0.1) is 17.2 Å². The summed E-state index contributed by atoms with van der Waals surface area (Å²) < 4.78 is 16.5. The van der Waals surface area contributed by atoms with Crippen LogP contribution in [0.15, 0.2) is 17.8 Å². The first-order valence-corrected chi connectivity index (χ1v) is 9.20. The fourth-order valence-corrected chi connectivity index (χ4v) is 4.00. The Bertz CT molecular complexity index is 920. The van der Waals surface area contributed by atoms with Gasteiger partial charge >= 0.3 is 0 Å². The number of rotatable bonds is 5. The van der Waals surface area contributed by atoms with E-state index in [9.17, 15) is 9.59 Å². The normalized spacial score (nSPS) is 23.0. The molecule has 1 aliphatic carbocycles. The van der Waals surface area contributed by atoms with Crippen molar-refractivity contribution < 1.29 is 23.8 Å². The Balaban J connectivity index is 2.05. The van der Waals surface area contributed by atoms with Crippen molar-refractivity contribution >= 4 is 23.2 Å². The summed E-state index contributed by atoms with van der Waals surface area (Å²) in [5, 5.41) is 8.90. The van der Waals surface area contributed by atoms with Crippen LogP contribution < -0.4 is 14.2 Å². The largest absolute Gasteiger partial charge is 0.496 e. The van der Waals surface area contributed by atoms with E-state index < -0.39 is 23.1 Å². The third-order valence-electron chi connectivity index (χ3n) is 5.34. The van der Waals surface area contributed by atoms with Crippen LogP contribution in [0.4, 0.5) is 0 Å². The van der Waals surface area contributed by atoms with Crippen LogP contribution in [-0.2, 0) is 4.79 Å². The topological polar surface area (TPSA) is 88.9 Å². The summed E-state index contributed by atoms with van der Waals surface area (Å²) in [5.41, 5.74) is -0.755. The molecule has 1 aromatic carbocycles. The molecule has 2 unspecified atom stereocenters. The summed E-state index contributed by atoms with van der Waals surface area (Å²) in [6.07, 6.45) is 2.22. The number of allylic oxidation sites excluding steroid dienone is 1. The van der Waals surface area contributed by atoms with E-state index in [1.807, 2.05) is 11.9 Å². The van der Waals surface area contributed by atoms with Gasteiger partial charge in [0.1, 0.15) is 22.1 Å². The van der Waals surface area contributed by atoms with Crippen LogP contribution in [0.25, 0.3) is 0 Å². The molecule has 0 fully saturated rings. The molecule has 0 saturated carbocycles. The Morgan fingerprint density at radius 3 is 2.61 bits per heavy atom. The van der Waals surface area contributed by atoms with Crippen LogP contribution in [0.2, 0.25) is 5.02 Å². The fraction of sp³-hybridized carbons (Fsp3) is 0.450. The number of benzene rings is 1. The van der Waals surface area contributed by atoms with Crippen molar-refractivity contribution in [2.45, 2.75) is 25.4 Å². The number of carbonyl (C=O) groups is 2. The third-order valence-corrected chi connectivity index (χ3v) is 5.70. The van der Waals surface area contributed by atoms with Crippen molar-refractivity contribution in [2.24, 2.45) is 5.92 Å². The Kier molecular flexibility index (Phi) is 5.26. The molecule has 1 aliphatic heterocycles. The Hall–Kier alpha value is -2.72. The minimum Gasteiger partial charge on any atom is -0.496 e. The van der Waals surface area contributed by atoms with Gasteiger partial charge in [0.05, 0.1) is 26.7 Å². The van der Waals surface area contributed by atoms with Gasteiger partial charge in [0.2, 0.25) is 17.2 Å². The van der Waals surface area contributed by atoms with Crippen molar-refractivity contribution in [3.05, 3.63) is 28.4 Å². The highest BCUT2D eigenvalue weighted by molar-refractivity contribution is 6.36. The highest BCUT2D eigenvalue weighted by Gasteiger charge is 2.60. The van der Waals surface area contributed by atoms with Crippen LogP contribution in [-0.4, -0.2) is 49.9 Å². The zero-order chi connectivity index (χ0) is 20.6. The number of ether oxygens (including phenoxy) is 3. The first-order valence-electron chi connectivity index (χ1n) is 8.83. The summed E-state index contributed by atoms with van der Waals surface area (Å²) in [6, 6.07) is 3.59. The van der Waals surface area contributed by atoms with Gasteiger partial charge in [-0.25, -0.2) is 0 Å². The molecule has 0 saturated heterocycles. The standard InChI is InChI=1S/C20H21ClN2O5/c1-11-8-12(23(2)7-5-6-22)9-15(24)20(11)19(25)16-13(26-3)10-14(27-4)17(21)18(16)28-20/h9-11H,5,7-8H2,1-4H3. The molecular weight excluding hydrogens is 384 g/mol. The maximum Gasteiger partial charge on any atom is 0.236 e. The van der Waals surface area contributed by atoms with Gasteiger partial charge in [-0.3, -0.25) is 9.59 Å². The number of methoxy groups -OCH3 is 2. The molecule has 148 valence electrons. The number of fused-ring (bicyclic) bond motifs is 1. The zero-order valence-corrected chi connectivity index (χ0v) is 16.9.